The smallest absolute Gasteiger partial charge is 0.335 e. The summed E-state index contributed by atoms with van der Waals surface area (Å²) >= 11 is 0. The summed E-state index contributed by atoms with van der Waals surface area (Å²) in [7, 11) is -3.34. The first-order valence-corrected chi connectivity index (χ1v) is 10.5. The van der Waals surface area contributed by atoms with E-state index in [9.17, 15) is 14.3 Å². The van der Waals surface area contributed by atoms with Crippen molar-refractivity contribution in [1.82, 2.24) is 5.32 Å². The van der Waals surface area contributed by atoms with Crippen molar-refractivity contribution < 1.29 is 24.1 Å². The van der Waals surface area contributed by atoms with E-state index in [0.29, 0.717) is 13.2 Å². The van der Waals surface area contributed by atoms with Crippen LogP contribution >= 0.6 is 7.37 Å². The zero-order valence-electron chi connectivity index (χ0n) is 14.2. The molecule has 0 radical (unpaired) electrons. The van der Waals surface area contributed by atoms with Crippen LogP contribution in [0.2, 0.25) is 0 Å². The summed E-state index contributed by atoms with van der Waals surface area (Å²) < 4.78 is 18.3. The highest BCUT2D eigenvalue weighted by Gasteiger charge is 2.29. The van der Waals surface area contributed by atoms with Gasteiger partial charge in [-0.2, -0.15) is 0 Å². The van der Waals surface area contributed by atoms with Crippen molar-refractivity contribution in [3.8, 4) is 0 Å². The van der Waals surface area contributed by atoms with Crippen molar-refractivity contribution in [2.45, 2.75) is 18.3 Å². The first-order chi connectivity index (χ1) is 12.4. The zero-order valence-corrected chi connectivity index (χ0v) is 15.1. The molecule has 138 valence electrons. The molecular weight excluding hydrogens is 353 g/mol. The third-order valence-electron chi connectivity index (χ3n) is 4.39. The molecule has 0 saturated carbocycles. The van der Waals surface area contributed by atoms with E-state index in [1.165, 1.54) is 0 Å². The standard InChI is InChI=1S/C19H22NO5P/c21-19(22)16-8-4-7-15(9-16)18-11-25-17(10-20-18)13-26(23,24)12-14-5-2-1-3-6-14/h1-9,17-18,20H,10-13H2,(H,21,22)(H,23,24)/t17-,18-/m0/s1. The van der Waals surface area contributed by atoms with Gasteiger partial charge in [-0.1, -0.05) is 42.5 Å². The molecule has 1 fully saturated rings. The molecule has 0 amide bonds. The molecular formula is C19H22NO5P. The second-order valence-electron chi connectivity index (χ2n) is 6.52. The molecule has 1 unspecified atom stereocenters. The van der Waals surface area contributed by atoms with E-state index in [0.717, 1.165) is 11.1 Å². The van der Waals surface area contributed by atoms with Gasteiger partial charge in [-0.25, -0.2) is 4.79 Å². The summed E-state index contributed by atoms with van der Waals surface area (Å²) in [5, 5.41) is 12.4. The molecule has 3 N–H and O–H groups in total. The van der Waals surface area contributed by atoms with Crippen LogP contribution < -0.4 is 5.32 Å². The van der Waals surface area contributed by atoms with Crippen molar-refractivity contribution >= 4 is 13.3 Å². The Labute approximate surface area is 152 Å². The topological polar surface area (TPSA) is 95.9 Å². The fourth-order valence-corrected chi connectivity index (χ4v) is 4.88. The highest BCUT2D eigenvalue weighted by molar-refractivity contribution is 7.57. The van der Waals surface area contributed by atoms with Crippen LogP contribution in [0.4, 0.5) is 0 Å². The third kappa shape index (κ3) is 5.02. The van der Waals surface area contributed by atoms with Crippen molar-refractivity contribution in [2.24, 2.45) is 0 Å². The third-order valence-corrected chi connectivity index (χ3v) is 6.22. The molecule has 1 aliphatic heterocycles. The first-order valence-electron chi connectivity index (χ1n) is 8.46. The molecule has 2 aromatic carbocycles. The Balaban J connectivity index is 1.56. The summed E-state index contributed by atoms with van der Waals surface area (Å²) in [6.45, 7) is 0.778. The zero-order chi connectivity index (χ0) is 18.6. The maximum absolute atomic E-state index is 12.5. The minimum Gasteiger partial charge on any atom is -0.478 e. The molecule has 1 heterocycles. The average molecular weight is 375 g/mol. The number of benzene rings is 2. The molecule has 0 aliphatic carbocycles. The van der Waals surface area contributed by atoms with Crippen LogP contribution in [0.5, 0.6) is 0 Å². The lowest BCUT2D eigenvalue weighted by Gasteiger charge is -2.31. The molecule has 7 heteroatoms. The van der Waals surface area contributed by atoms with Crippen LogP contribution in [0.3, 0.4) is 0 Å². The Morgan fingerprint density at radius 2 is 1.96 bits per heavy atom. The minimum atomic E-state index is -3.34. The van der Waals surface area contributed by atoms with Gasteiger partial charge >= 0.3 is 5.97 Å². The van der Waals surface area contributed by atoms with Crippen LogP contribution in [0.15, 0.2) is 54.6 Å². The monoisotopic (exact) mass is 375 g/mol. The number of aromatic carboxylic acids is 1. The lowest BCUT2D eigenvalue weighted by Crippen LogP contribution is -2.42. The van der Waals surface area contributed by atoms with Gasteiger partial charge in [0.15, 0.2) is 0 Å². The van der Waals surface area contributed by atoms with E-state index >= 15 is 0 Å². The van der Waals surface area contributed by atoms with Crippen LogP contribution in [-0.2, 0) is 15.5 Å². The minimum absolute atomic E-state index is 0.0940. The maximum Gasteiger partial charge on any atom is 0.335 e. The van der Waals surface area contributed by atoms with Crippen molar-refractivity contribution in [3.63, 3.8) is 0 Å². The molecule has 2 aromatic rings. The Hall–Kier alpha value is -1.98. The second kappa shape index (κ2) is 8.14. The molecule has 0 bridgehead atoms. The van der Waals surface area contributed by atoms with Gasteiger partial charge in [0.2, 0.25) is 7.37 Å². The number of carboxylic acids is 1. The number of morpholine rings is 1. The Morgan fingerprint density at radius 3 is 2.62 bits per heavy atom. The average Bonchev–Trinajstić information content (AvgIpc) is 2.62. The van der Waals surface area contributed by atoms with Gasteiger partial charge < -0.3 is 20.1 Å². The van der Waals surface area contributed by atoms with Crippen LogP contribution in [0.1, 0.15) is 27.5 Å². The number of carboxylic acid groups (broad SMARTS) is 1. The number of nitrogens with one attached hydrogen (secondary N) is 1. The predicted molar refractivity (Wildman–Crippen MR) is 98.7 cm³/mol. The normalized spacial score (nSPS) is 22.5. The van der Waals surface area contributed by atoms with E-state index in [1.54, 1.807) is 18.2 Å². The predicted octanol–water partition coefficient (Wildman–Crippen LogP) is 2.88. The fourth-order valence-electron chi connectivity index (χ4n) is 3.10. The summed E-state index contributed by atoms with van der Waals surface area (Å²) in [5.41, 5.74) is 1.90. The summed E-state index contributed by atoms with van der Waals surface area (Å²) in [6, 6.07) is 15.8. The SMILES string of the molecule is O=C(O)c1cccc([C@@H]2CO[C@H](CP(=O)(O)Cc3ccccc3)CN2)c1. The Bertz CT molecular complexity index is 803. The lowest BCUT2D eigenvalue weighted by molar-refractivity contribution is 0.0156. The summed E-state index contributed by atoms with van der Waals surface area (Å²) in [5.74, 6) is -0.969. The summed E-state index contributed by atoms with van der Waals surface area (Å²) in [6.07, 6.45) is -0.109. The van der Waals surface area contributed by atoms with E-state index in [2.05, 4.69) is 5.32 Å². The summed E-state index contributed by atoms with van der Waals surface area (Å²) in [4.78, 5) is 21.4. The first kappa shape index (κ1) is 18.8. The number of carbonyl (C=O) groups is 1. The Kier molecular flexibility index (Phi) is 5.89. The number of rotatable bonds is 6. The highest BCUT2D eigenvalue weighted by atomic mass is 31.2. The largest absolute Gasteiger partial charge is 0.478 e. The number of ether oxygens (including phenoxy) is 1. The van der Waals surface area contributed by atoms with Gasteiger partial charge in [-0.15, -0.1) is 0 Å². The van der Waals surface area contributed by atoms with E-state index in [-0.39, 0.29) is 30.0 Å². The van der Waals surface area contributed by atoms with Gasteiger partial charge in [0.05, 0.1) is 30.5 Å². The highest BCUT2D eigenvalue weighted by Crippen LogP contribution is 2.45. The number of hydrogen-bond donors (Lipinski definition) is 3. The van der Waals surface area contributed by atoms with Crippen molar-refractivity contribution in [1.29, 1.82) is 0 Å². The van der Waals surface area contributed by atoms with Crippen molar-refractivity contribution in [2.75, 3.05) is 19.3 Å². The van der Waals surface area contributed by atoms with E-state index in [1.807, 2.05) is 36.4 Å². The molecule has 1 aliphatic rings. The molecule has 3 rings (SSSR count). The van der Waals surface area contributed by atoms with E-state index < -0.39 is 13.3 Å². The second-order valence-corrected chi connectivity index (χ2v) is 8.89. The van der Waals surface area contributed by atoms with Crippen LogP contribution in [0, 0.1) is 0 Å². The van der Waals surface area contributed by atoms with Gasteiger partial charge in [0, 0.05) is 12.7 Å². The maximum atomic E-state index is 12.5. The molecule has 6 nitrogen and oxygen atoms in total. The fraction of sp³-hybridized carbons (Fsp3) is 0.316. The lowest BCUT2D eigenvalue weighted by atomic mass is 10.0. The van der Waals surface area contributed by atoms with Gasteiger partial charge in [0.25, 0.3) is 0 Å². The number of hydrogen-bond acceptors (Lipinski definition) is 4. The molecule has 0 aromatic heterocycles. The van der Waals surface area contributed by atoms with E-state index in [4.69, 9.17) is 9.84 Å². The van der Waals surface area contributed by atoms with Crippen molar-refractivity contribution in [3.05, 3.63) is 71.3 Å². The molecule has 0 spiro atoms. The van der Waals surface area contributed by atoms with Crippen LogP contribution in [-0.4, -0.2) is 41.4 Å². The van der Waals surface area contributed by atoms with Crippen LogP contribution in [0.25, 0.3) is 0 Å². The molecule has 26 heavy (non-hydrogen) atoms. The molecule has 3 atom stereocenters. The van der Waals surface area contributed by atoms with Gasteiger partial charge in [0.1, 0.15) is 0 Å². The van der Waals surface area contributed by atoms with Gasteiger partial charge in [-0.05, 0) is 23.3 Å². The Morgan fingerprint density at radius 1 is 1.19 bits per heavy atom. The molecule has 1 saturated heterocycles. The van der Waals surface area contributed by atoms with Gasteiger partial charge in [-0.3, -0.25) is 4.57 Å². The quantitative estimate of drug-likeness (QED) is 0.672.